The first-order chi connectivity index (χ1) is 17.6. The van der Waals surface area contributed by atoms with Crippen LogP contribution in [0.4, 0.5) is 9.18 Å². The molecular formula is C28H35FN4O3. The molecule has 0 radical (unpaired) electrons. The van der Waals surface area contributed by atoms with Gasteiger partial charge in [-0.25, -0.2) is 9.18 Å². The second-order valence-electron chi connectivity index (χ2n) is 9.38. The minimum Gasteiger partial charge on any atom is -0.367 e. The number of fused-ring (bicyclic) bond motifs is 1. The monoisotopic (exact) mass is 494 g/mol. The molecule has 3 N–H and O–H groups in total. The number of piperidine rings is 1. The zero-order chi connectivity index (χ0) is 25.2. The van der Waals surface area contributed by atoms with Gasteiger partial charge in [0.05, 0.1) is 6.61 Å². The van der Waals surface area contributed by atoms with Crippen molar-refractivity contribution in [2.45, 2.75) is 38.7 Å². The van der Waals surface area contributed by atoms with E-state index in [9.17, 15) is 14.0 Å². The van der Waals surface area contributed by atoms with E-state index in [1.807, 2.05) is 17.0 Å². The summed E-state index contributed by atoms with van der Waals surface area (Å²) in [7, 11) is 0. The lowest BCUT2D eigenvalue weighted by Crippen LogP contribution is -2.45. The number of H-pyrrole nitrogens is 1. The number of hydrogen-bond acceptors (Lipinski definition) is 3. The van der Waals surface area contributed by atoms with Gasteiger partial charge >= 0.3 is 6.03 Å². The molecule has 1 fully saturated rings. The minimum atomic E-state index is -0.291. The summed E-state index contributed by atoms with van der Waals surface area (Å²) < 4.78 is 18.3. The average molecular weight is 495 g/mol. The van der Waals surface area contributed by atoms with E-state index < -0.39 is 0 Å². The Morgan fingerprint density at radius 3 is 2.61 bits per heavy atom. The summed E-state index contributed by atoms with van der Waals surface area (Å²) in [4.78, 5) is 29.7. The van der Waals surface area contributed by atoms with Gasteiger partial charge in [-0.2, -0.15) is 0 Å². The first-order valence-electron chi connectivity index (χ1n) is 12.7. The number of para-hydroxylation sites is 1. The van der Waals surface area contributed by atoms with Crippen molar-refractivity contribution >= 4 is 22.8 Å². The first kappa shape index (κ1) is 25.7. The molecule has 3 amide bonds. The van der Waals surface area contributed by atoms with Gasteiger partial charge in [0.2, 0.25) is 5.91 Å². The van der Waals surface area contributed by atoms with Crippen LogP contribution in [0.2, 0.25) is 0 Å². The SMILES string of the molecule is O=C(COCc1ccc(F)cc1)NCCC1CCN(C(=O)NCCCc2c[nH]c3ccccc23)CC1. The van der Waals surface area contributed by atoms with E-state index in [-0.39, 0.29) is 31.0 Å². The number of nitrogens with zero attached hydrogens (tertiary/aromatic N) is 1. The number of ether oxygens (including phenoxy) is 1. The Morgan fingerprint density at radius 1 is 1.03 bits per heavy atom. The molecule has 1 aliphatic heterocycles. The number of amides is 3. The number of rotatable bonds is 11. The Balaban J connectivity index is 1.04. The maximum Gasteiger partial charge on any atom is 0.317 e. The molecule has 1 aliphatic rings. The molecule has 36 heavy (non-hydrogen) atoms. The average Bonchev–Trinajstić information content (AvgIpc) is 3.31. The Bertz CT molecular complexity index is 1120. The lowest BCUT2D eigenvalue weighted by molar-refractivity contribution is -0.126. The van der Waals surface area contributed by atoms with Gasteiger partial charge in [0.25, 0.3) is 0 Å². The van der Waals surface area contributed by atoms with Crippen molar-refractivity contribution in [1.29, 1.82) is 0 Å². The quantitative estimate of drug-likeness (QED) is 0.346. The Morgan fingerprint density at radius 2 is 1.81 bits per heavy atom. The van der Waals surface area contributed by atoms with Crippen molar-refractivity contribution in [2.24, 2.45) is 5.92 Å². The molecular weight excluding hydrogens is 459 g/mol. The number of halogens is 1. The van der Waals surface area contributed by atoms with Crippen molar-refractivity contribution in [3.8, 4) is 0 Å². The largest absolute Gasteiger partial charge is 0.367 e. The van der Waals surface area contributed by atoms with Crippen molar-refractivity contribution in [3.05, 3.63) is 71.7 Å². The van der Waals surface area contributed by atoms with Gasteiger partial charge in [0.1, 0.15) is 12.4 Å². The molecule has 0 aliphatic carbocycles. The number of carbonyl (C=O) groups excluding carboxylic acids is 2. The lowest BCUT2D eigenvalue weighted by Gasteiger charge is -2.32. The fraction of sp³-hybridized carbons (Fsp3) is 0.429. The number of likely N-dealkylation sites (tertiary alicyclic amines) is 1. The van der Waals surface area contributed by atoms with Crippen LogP contribution in [0.3, 0.4) is 0 Å². The molecule has 0 bridgehead atoms. The first-order valence-corrected chi connectivity index (χ1v) is 12.7. The summed E-state index contributed by atoms with van der Waals surface area (Å²) in [5, 5.41) is 7.20. The van der Waals surface area contributed by atoms with Gasteiger partial charge in [-0.15, -0.1) is 0 Å². The third-order valence-corrected chi connectivity index (χ3v) is 6.77. The fourth-order valence-electron chi connectivity index (χ4n) is 4.66. The lowest BCUT2D eigenvalue weighted by atomic mass is 9.94. The third-order valence-electron chi connectivity index (χ3n) is 6.77. The van der Waals surface area contributed by atoms with Crippen LogP contribution in [0, 0.1) is 11.7 Å². The number of aryl methyl sites for hydroxylation is 1. The Hall–Kier alpha value is -3.39. The number of nitrogens with one attached hydrogen (secondary N) is 3. The van der Waals surface area contributed by atoms with E-state index >= 15 is 0 Å². The van der Waals surface area contributed by atoms with E-state index in [4.69, 9.17) is 4.74 Å². The van der Waals surface area contributed by atoms with E-state index in [1.165, 1.54) is 23.1 Å². The Kier molecular flexibility index (Phi) is 9.33. The molecule has 7 nitrogen and oxygen atoms in total. The zero-order valence-electron chi connectivity index (χ0n) is 20.6. The third kappa shape index (κ3) is 7.55. The smallest absolute Gasteiger partial charge is 0.317 e. The zero-order valence-corrected chi connectivity index (χ0v) is 20.6. The summed E-state index contributed by atoms with van der Waals surface area (Å²) in [6, 6.07) is 14.3. The van der Waals surface area contributed by atoms with Gasteiger partial charge in [-0.05, 0) is 67.3 Å². The molecule has 8 heteroatoms. The summed E-state index contributed by atoms with van der Waals surface area (Å²) >= 11 is 0. The van der Waals surface area contributed by atoms with E-state index in [1.54, 1.807) is 12.1 Å². The number of hydrogen-bond donors (Lipinski definition) is 3. The highest BCUT2D eigenvalue weighted by atomic mass is 19.1. The highest BCUT2D eigenvalue weighted by Crippen LogP contribution is 2.21. The molecule has 0 unspecified atom stereocenters. The summed E-state index contributed by atoms with van der Waals surface area (Å²) in [5.41, 5.74) is 3.26. The molecule has 2 aromatic carbocycles. The van der Waals surface area contributed by atoms with Crippen molar-refractivity contribution < 1.29 is 18.7 Å². The molecule has 0 spiro atoms. The highest BCUT2D eigenvalue weighted by molar-refractivity contribution is 5.83. The van der Waals surface area contributed by atoms with Crippen LogP contribution >= 0.6 is 0 Å². The maximum absolute atomic E-state index is 12.9. The predicted molar refractivity (Wildman–Crippen MR) is 138 cm³/mol. The second-order valence-corrected chi connectivity index (χ2v) is 9.38. The van der Waals surface area contributed by atoms with Crippen LogP contribution in [-0.4, -0.2) is 54.6 Å². The fourth-order valence-corrected chi connectivity index (χ4v) is 4.66. The van der Waals surface area contributed by atoms with Crippen molar-refractivity contribution in [2.75, 3.05) is 32.8 Å². The van der Waals surface area contributed by atoms with Gasteiger partial charge in [0, 0.05) is 43.3 Å². The molecule has 2 heterocycles. The Labute approximate surface area is 211 Å². The van der Waals surface area contributed by atoms with Crippen molar-refractivity contribution in [3.63, 3.8) is 0 Å². The molecule has 0 atom stereocenters. The number of benzene rings is 2. The number of carbonyl (C=O) groups is 2. The van der Waals surface area contributed by atoms with Gasteiger partial charge < -0.3 is 25.3 Å². The van der Waals surface area contributed by atoms with Crippen LogP contribution in [0.5, 0.6) is 0 Å². The minimum absolute atomic E-state index is 0.0129. The van der Waals surface area contributed by atoms with Crippen LogP contribution in [0.25, 0.3) is 10.9 Å². The molecule has 3 aromatic rings. The number of aromatic amines is 1. The van der Waals surface area contributed by atoms with Crippen LogP contribution in [0.15, 0.2) is 54.7 Å². The normalized spacial score (nSPS) is 14.2. The second kappa shape index (κ2) is 13.1. The van der Waals surface area contributed by atoms with E-state index in [0.717, 1.165) is 56.3 Å². The molecule has 1 saturated heterocycles. The maximum atomic E-state index is 12.9. The van der Waals surface area contributed by atoms with Crippen LogP contribution < -0.4 is 10.6 Å². The predicted octanol–water partition coefficient (Wildman–Crippen LogP) is 4.38. The van der Waals surface area contributed by atoms with Crippen LogP contribution in [-0.2, 0) is 22.6 Å². The molecule has 1 aromatic heterocycles. The van der Waals surface area contributed by atoms with E-state index in [0.29, 0.717) is 19.0 Å². The van der Waals surface area contributed by atoms with Gasteiger partial charge in [0.15, 0.2) is 0 Å². The number of aromatic nitrogens is 1. The van der Waals surface area contributed by atoms with Crippen molar-refractivity contribution in [1.82, 2.24) is 20.5 Å². The van der Waals surface area contributed by atoms with E-state index in [2.05, 4.69) is 33.9 Å². The standard InChI is InChI=1S/C28H35FN4O3/c29-24-9-7-22(8-10-24)19-36-20-27(34)30-15-11-21-12-16-33(17-13-21)28(35)31-14-3-4-23-18-32-26-6-2-1-5-25(23)26/h1-2,5-10,18,21,32H,3-4,11-17,19-20H2,(H,30,34)(H,31,35). The number of urea groups is 1. The summed E-state index contributed by atoms with van der Waals surface area (Å²) in [6.45, 7) is 3.01. The molecule has 4 rings (SSSR count). The summed E-state index contributed by atoms with van der Waals surface area (Å²) in [5.74, 6) is 0.0539. The van der Waals surface area contributed by atoms with Gasteiger partial charge in [-0.3, -0.25) is 4.79 Å². The topological polar surface area (TPSA) is 86.5 Å². The van der Waals surface area contributed by atoms with Crippen LogP contribution in [0.1, 0.15) is 36.8 Å². The molecule has 0 saturated carbocycles. The van der Waals surface area contributed by atoms with Gasteiger partial charge in [-0.1, -0.05) is 30.3 Å². The summed E-state index contributed by atoms with van der Waals surface area (Å²) in [6.07, 6.45) is 6.66. The highest BCUT2D eigenvalue weighted by Gasteiger charge is 2.22. The molecule has 192 valence electrons.